The Morgan fingerprint density at radius 2 is 2.00 bits per heavy atom. The van der Waals surface area contributed by atoms with Crippen LogP contribution in [0.4, 0.5) is 0 Å². The minimum atomic E-state index is 0.623. The molecule has 0 fully saturated rings. The minimum Gasteiger partial charge on any atom is -0.328 e. The Morgan fingerprint density at radius 3 is 2.67 bits per heavy atom. The van der Waals surface area contributed by atoms with E-state index in [1.807, 2.05) is 0 Å². The van der Waals surface area contributed by atoms with Crippen LogP contribution in [-0.4, -0.2) is 40.0 Å². The average Bonchev–Trinajstić information content (AvgIpc) is 2.81. The molecule has 4 heteroatoms. The molecule has 1 aromatic carbocycles. The molecule has 0 bridgehead atoms. The van der Waals surface area contributed by atoms with E-state index in [9.17, 15) is 0 Å². The molecule has 0 atom stereocenters. The maximum atomic E-state index is 5.93. The SMILES string of the molecule is CCN(CC)CCCn1c(CCCl)nc2cc(C)ccc21. The number of hydrogen-bond acceptors (Lipinski definition) is 2. The summed E-state index contributed by atoms with van der Waals surface area (Å²) in [7, 11) is 0. The maximum Gasteiger partial charge on any atom is 0.111 e. The highest BCUT2D eigenvalue weighted by atomic mass is 35.5. The van der Waals surface area contributed by atoms with Gasteiger partial charge in [0.1, 0.15) is 5.82 Å². The number of alkyl halides is 1. The summed E-state index contributed by atoms with van der Waals surface area (Å²) in [4.78, 5) is 7.23. The van der Waals surface area contributed by atoms with E-state index in [1.54, 1.807) is 0 Å². The van der Waals surface area contributed by atoms with E-state index in [-0.39, 0.29) is 0 Å². The topological polar surface area (TPSA) is 21.1 Å². The van der Waals surface area contributed by atoms with E-state index in [0.29, 0.717) is 5.88 Å². The van der Waals surface area contributed by atoms with Gasteiger partial charge < -0.3 is 9.47 Å². The summed E-state index contributed by atoms with van der Waals surface area (Å²) in [5.74, 6) is 1.74. The maximum absolute atomic E-state index is 5.93. The zero-order valence-electron chi connectivity index (χ0n) is 13.4. The van der Waals surface area contributed by atoms with Crippen LogP contribution in [0.1, 0.15) is 31.7 Å². The van der Waals surface area contributed by atoms with Crippen molar-refractivity contribution in [3.05, 3.63) is 29.6 Å². The van der Waals surface area contributed by atoms with E-state index in [2.05, 4.69) is 48.4 Å². The first-order valence-electron chi connectivity index (χ1n) is 7.93. The minimum absolute atomic E-state index is 0.623. The second kappa shape index (κ2) is 7.81. The fourth-order valence-electron chi connectivity index (χ4n) is 2.81. The highest BCUT2D eigenvalue weighted by Crippen LogP contribution is 2.19. The molecule has 0 radical (unpaired) electrons. The smallest absolute Gasteiger partial charge is 0.111 e. The summed E-state index contributed by atoms with van der Waals surface area (Å²) >= 11 is 5.93. The number of benzene rings is 1. The first-order valence-corrected chi connectivity index (χ1v) is 8.47. The number of aromatic nitrogens is 2. The lowest BCUT2D eigenvalue weighted by Gasteiger charge is -2.18. The van der Waals surface area contributed by atoms with Crippen LogP contribution in [0.3, 0.4) is 0 Å². The lowest BCUT2D eigenvalue weighted by atomic mass is 10.2. The van der Waals surface area contributed by atoms with Crippen LogP contribution in [-0.2, 0) is 13.0 Å². The number of hydrogen-bond donors (Lipinski definition) is 0. The van der Waals surface area contributed by atoms with Gasteiger partial charge in [0.25, 0.3) is 0 Å². The van der Waals surface area contributed by atoms with Crippen molar-refractivity contribution in [1.82, 2.24) is 14.5 Å². The van der Waals surface area contributed by atoms with Gasteiger partial charge in [0.05, 0.1) is 11.0 Å². The summed E-state index contributed by atoms with van der Waals surface area (Å²) in [6, 6.07) is 6.51. The van der Waals surface area contributed by atoms with Crippen molar-refractivity contribution in [2.75, 3.05) is 25.5 Å². The molecular formula is C17H26ClN3. The van der Waals surface area contributed by atoms with Crippen LogP contribution in [0.15, 0.2) is 18.2 Å². The van der Waals surface area contributed by atoms with E-state index < -0.39 is 0 Å². The molecule has 0 aliphatic carbocycles. The predicted molar refractivity (Wildman–Crippen MR) is 91.3 cm³/mol. The molecule has 3 nitrogen and oxygen atoms in total. The molecule has 0 saturated carbocycles. The van der Waals surface area contributed by atoms with Crippen LogP contribution in [0.2, 0.25) is 0 Å². The first-order chi connectivity index (χ1) is 10.2. The van der Waals surface area contributed by atoms with Crippen molar-refractivity contribution in [3.63, 3.8) is 0 Å². The Bertz CT molecular complexity index is 573. The van der Waals surface area contributed by atoms with Gasteiger partial charge in [-0.3, -0.25) is 0 Å². The van der Waals surface area contributed by atoms with Crippen molar-refractivity contribution in [2.45, 2.75) is 40.2 Å². The lowest BCUT2D eigenvalue weighted by molar-refractivity contribution is 0.293. The third-order valence-corrected chi connectivity index (χ3v) is 4.24. The molecule has 0 aliphatic heterocycles. The quantitative estimate of drug-likeness (QED) is 0.691. The van der Waals surface area contributed by atoms with Gasteiger partial charge in [-0.25, -0.2) is 4.98 Å². The molecule has 0 amide bonds. The molecule has 21 heavy (non-hydrogen) atoms. The number of imidazole rings is 1. The Morgan fingerprint density at radius 1 is 1.24 bits per heavy atom. The monoisotopic (exact) mass is 307 g/mol. The zero-order valence-corrected chi connectivity index (χ0v) is 14.2. The molecule has 0 spiro atoms. The molecular weight excluding hydrogens is 282 g/mol. The third-order valence-electron chi connectivity index (χ3n) is 4.05. The predicted octanol–water partition coefficient (Wildman–Crippen LogP) is 3.86. The van der Waals surface area contributed by atoms with Crippen molar-refractivity contribution in [2.24, 2.45) is 0 Å². The Kier molecular flexibility index (Phi) is 6.07. The number of rotatable bonds is 8. The van der Waals surface area contributed by atoms with E-state index in [0.717, 1.165) is 50.4 Å². The van der Waals surface area contributed by atoms with E-state index >= 15 is 0 Å². The molecule has 2 rings (SSSR count). The highest BCUT2D eigenvalue weighted by molar-refractivity contribution is 6.17. The van der Waals surface area contributed by atoms with Crippen LogP contribution in [0.25, 0.3) is 11.0 Å². The van der Waals surface area contributed by atoms with Crippen LogP contribution in [0, 0.1) is 6.92 Å². The van der Waals surface area contributed by atoms with Gasteiger partial charge in [0, 0.05) is 18.8 Å². The fraction of sp³-hybridized carbons (Fsp3) is 0.588. The van der Waals surface area contributed by atoms with Gasteiger partial charge >= 0.3 is 0 Å². The largest absolute Gasteiger partial charge is 0.328 e. The van der Waals surface area contributed by atoms with Crippen molar-refractivity contribution in [1.29, 1.82) is 0 Å². The van der Waals surface area contributed by atoms with Crippen molar-refractivity contribution < 1.29 is 0 Å². The van der Waals surface area contributed by atoms with Crippen LogP contribution in [0.5, 0.6) is 0 Å². The Hall–Kier alpha value is -1.06. The van der Waals surface area contributed by atoms with Crippen molar-refractivity contribution in [3.8, 4) is 0 Å². The van der Waals surface area contributed by atoms with Gasteiger partial charge in [-0.05, 0) is 50.7 Å². The molecule has 116 valence electrons. The van der Waals surface area contributed by atoms with Gasteiger partial charge in [0.2, 0.25) is 0 Å². The second-order valence-electron chi connectivity index (χ2n) is 5.49. The van der Waals surface area contributed by atoms with E-state index in [4.69, 9.17) is 16.6 Å². The summed E-state index contributed by atoms with van der Waals surface area (Å²) < 4.78 is 2.35. The van der Waals surface area contributed by atoms with Gasteiger partial charge in [-0.1, -0.05) is 19.9 Å². The summed E-state index contributed by atoms with van der Waals surface area (Å²) in [6.45, 7) is 10.9. The van der Waals surface area contributed by atoms with Crippen LogP contribution < -0.4 is 0 Å². The zero-order chi connectivity index (χ0) is 15.2. The van der Waals surface area contributed by atoms with Crippen molar-refractivity contribution >= 4 is 22.6 Å². The second-order valence-corrected chi connectivity index (χ2v) is 5.87. The molecule has 1 heterocycles. The number of fused-ring (bicyclic) bond motifs is 1. The highest BCUT2D eigenvalue weighted by Gasteiger charge is 2.10. The first kappa shape index (κ1) is 16.3. The fourth-order valence-corrected chi connectivity index (χ4v) is 2.98. The van der Waals surface area contributed by atoms with Gasteiger partial charge in [-0.15, -0.1) is 11.6 Å². The molecule has 1 aromatic heterocycles. The number of halogens is 1. The standard InChI is InChI=1S/C17H26ClN3/c1-4-20(5-2)11-6-12-21-16-8-7-14(3)13-15(16)19-17(21)9-10-18/h7-8,13H,4-6,9-12H2,1-3H3. The number of nitrogens with zero attached hydrogens (tertiary/aromatic N) is 3. The van der Waals surface area contributed by atoms with E-state index in [1.165, 1.54) is 11.1 Å². The summed E-state index contributed by atoms with van der Waals surface area (Å²) in [5, 5.41) is 0. The molecule has 0 saturated heterocycles. The average molecular weight is 308 g/mol. The molecule has 0 aliphatic rings. The van der Waals surface area contributed by atoms with Gasteiger partial charge in [0.15, 0.2) is 0 Å². The summed E-state index contributed by atoms with van der Waals surface area (Å²) in [5.41, 5.74) is 3.59. The van der Waals surface area contributed by atoms with Gasteiger partial charge in [-0.2, -0.15) is 0 Å². The van der Waals surface area contributed by atoms with Crippen LogP contribution >= 0.6 is 11.6 Å². The summed E-state index contributed by atoms with van der Waals surface area (Å²) in [6.07, 6.45) is 1.98. The molecule has 0 N–H and O–H groups in total. The normalized spacial score (nSPS) is 11.7. The molecule has 0 unspecified atom stereocenters. The Balaban J connectivity index is 2.18. The Labute approximate surface area is 132 Å². The third kappa shape index (κ3) is 3.98. The lowest BCUT2D eigenvalue weighted by Crippen LogP contribution is -2.25. The molecule has 2 aromatic rings. The number of aryl methyl sites for hydroxylation is 3.